The van der Waals surface area contributed by atoms with Crippen LogP contribution in [0.1, 0.15) is 5.56 Å². The Balaban J connectivity index is 1.91. The van der Waals surface area contributed by atoms with Crippen molar-refractivity contribution in [2.75, 3.05) is 0 Å². The number of aromatic hydroxyl groups is 2. The third-order valence-electron chi connectivity index (χ3n) is 4.72. The van der Waals surface area contributed by atoms with Crippen LogP contribution in [-0.4, -0.2) is 28.4 Å². The molecule has 30 heavy (non-hydrogen) atoms. The molecule has 4 rings (SSSR count). The number of phenols is 2. The number of aryl methyl sites for hydroxylation is 1. The second-order valence-electron chi connectivity index (χ2n) is 6.93. The van der Waals surface area contributed by atoms with Crippen LogP contribution in [0.2, 0.25) is 0 Å². The van der Waals surface area contributed by atoms with Gasteiger partial charge in [-0.25, -0.2) is 18.2 Å². The maximum absolute atomic E-state index is 11.6. The third-order valence-corrected chi connectivity index (χ3v) is 5.65. The Morgan fingerprint density at radius 2 is 1.57 bits per heavy atom. The molecule has 0 unspecified atom stereocenters. The number of hydrogen-bond donors (Lipinski definition) is 3. The van der Waals surface area contributed by atoms with Crippen molar-refractivity contribution >= 4 is 10.0 Å². The minimum Gasteiger partial charge on any atom is -0.508 e. The van der Waals surface area contributed by atoms with Crippen molar-refractivity contribution < 1.29 is 18.6 Å². The van der Waals surface area contributed by atoms with Crippen LogP contribution >= 0.6 is 0 Å². The summed E-state index contributed by atoms with van der Waals surface area (Å²) in [6.07, 6.45) is 0. The van der Waals surface area contributed by atoms with Gasteiger partial charge in [0, 0.05) is 11.1 Å². The van der Waals surface area contributed by atoms with Gasteiger partial charge in [0.1, 0.15) is 11.5 Å². The molecule has 0 amide bonds. The van der Waals surface area contributed by atoms with Crippen LogP contribution in [0.5, 0.6) is 11.5 Å². The summed E-state index contributed by atoms with van der Waals surface area (Å²) in [6.45, 7) is 1.99. The van der Waals surface area contributed by atoms with E-state index in [0.717, 1.165) is 11.1 Å². The van der Waals surface area contributed by atoms with Crippen molar-refractivity contribution in [1.82, 2.24) is 9.78 Å². The van der Waals surface area contributed by atoms with Crippen molar-refractivity contribution in [3.63, 3.8) is 0 Å². The number of aromatic nitrogens is 2. The van der Waals surface area contributed by atoms with E-state index in [1.54, 1.807) is 22.9 Å². The molecule has 1 heterocycles. The first-order chi connectivity index (χ1) is 14.2. The lowest BCUT2D eigenvalue weighted by Gasteiger charge is -2.10. The molecule has 0 radical (unpaired) electrons. The van der Waals surface area contributed by atoms with E-state index in [0.29, 0.717) is 22.6 Å². The zero-order valence-electron chi connectivity index (χ0n) is 16.0. The molecule has 0 spiro atoms. The SMILES string of the molecule is Cc1ccc(-c2cc(-c3cc(O)ccc3O)n(-c3ccc(S(N)(=O)=O)cc3)n2)cc1. The number of nitrogens with zero attached hydrogens (tertiary/aromatic N) is 2. The lowest BCUT2D eigenvalue weighted by molar-refractivity contribution is 0.461. The monoisotopic (exact) mass is 421 g/mol. The van der Waals surface area contributed by atoms with E-state index in [9.17, 15) is 18.6 Å². The van der Waals surface area contributed by atoms with E-state index in [1.165, 1.54) is 30.3 Å². The fourth-order valence-electron chi connectivity index (χ4n) is 3.14. The Kier molecular flexibility index (Phi) is 4.81. The van der Waals surface area contributed by atoms with E-state index in [1.807, 2.05) is 31.2 Å². The molecule has 0 bridgehead atoms. The summed E-state index contributed by atoms with van der Waals surface area (Å²) in [5.41, 5.74) is 4.13. The largest absolute Gasteiger partial charge is 0.508 e. The number of primary sulfonamides is 1. The minimum absolute atomic E-state index is 0.00277. The van der Waals surface area contributed by atoms with Crippen LogP contribution in [-0.2, 0) is 10.0 Å². The van der Waals surface area contributed by atoms with Gasteiger partial charge in [-0.05, 0) is 55.5 Å². The number of hydrogen-bond acceptors (Lipinski definition) is 5. The highest BCUT2D eigenvalue weighted by Crippen LogP contribution is 2.36. The molecule has 0 atom stereocenters. The summed E-state index contributed by atoms with van der Waals surface area (Å²) in [4.78, 5) is -0.0149. The van der Waals surface area contributed by atoms with Crippen LogP contribution in [0.25, 0.3) is 28.2 Å². The predicted octanol–water partition coefficient (Wildman–Crippen LogP) is 3.57. The van der Waals surface area contributed by atoms with Gasteiger partial charge in [0.15, 0.2) is 0 Å². The van der Waals surface area contributed by atoms with Crippen LogP contribution in [0.4, 0.5) is 0 Å². The topological polar surface area (TPSA) is 118 Å². The molecule has 0 aliphatic heterocycles. The molecule has 1 aromatic heterocycles. The van der Waals surface area contributed by atoms with Crippen LogP contribution < -0.4 is 5.14 Å². The molecule has 0 saturated carbocycles. The Hall–Kier alpha value is -3.62. The summed E-state index contributed by atoms with van der Waals surface area (Å²) in [5, 5.41) is 30.1. The van der Waals surface area contributed by atoms with Crippen LogP contribution in [0.15, 0.2) is 77.7 Å². The maximum atomic E-state index is 11.6. The number of nitrogens with two attached hydrogens (primary N) is 1. The zero-order valence-corrected chi connectivity index (χ0v) is 16.8. The molecule has 0 aliphatic carbocycles. The molecule has 8 heteroatoms. The van der Waals surface area contributed by atoms with Gasteiger partial charge in [-0.3, -0.25) is 0 Å². The molecule has 7 nitrogen and oxygen atoms in total. The van der Waals surface area contributed by atoms with E-state index in [2.05, 4.69) is 5.10 Å². The van der Waals surface area contributed by atoms with Gasteiger partial charge in [0.25, 0.3) is 0 Å². The van der Waals surface area contributed by atoms with E-state index < -0.39 is 10.0 Å². The Labute approximate surface area is 173 Å². The van der Waals surface area contributed by atoms with Gasteiger partial charge >= 0.3 is 0 Å². The molecule has 152 valence electrons. The first kappa shape index (κ1) is 19.7. The zero-order chi connectivity index (χ0) is 21.5. The summed E-state index contributed by atoms with van der Waals surface area (Å²) in [6, 6.07) is 19.8. The van der Waals surface area contributed by atoms with Gasteiger partial charge in [0.05, 0.1) is 22.0 Å². The van der Waals surface area contributed by atoms with Crippen molar-refractivity contribution in [3.05, 3.63) is 78.4 Å². The van der Waals surface area contributed by atoms with Gasteiger partial charge in [-0.2, -0.15) is 5.10 Å². The quantitative estimate of drug-likeness (QED) is 0.435. The minimum atomic E-state index is -3.82. The van der Waals surface area contributed by atoms with Crippen molar-refractivity contribution in [2.24, 2.45) is 5.14 Å². The molecule has 3 aromatic carbocycles. The van der Waals surface area contributed by atoms with Crippen molar-refractivity contribution in [2.45, 2.75) is 11.8 Å². The highest BCUT2D eigenvalue weighted by Gasteiger charge is 2.17. The van der Waals surface area contributed by atoms with Gasteiger partial charge in [0.2, 0.25) is 10.0 Å². The molecule has 4 N–H and O–H groups in total. The molecule has 0 saturated heterocycles. The summed E-state index contributed by atoms with van der Waals surface area (Å²) >= 11 is 0. The molecule has 0 fully saturated rings. The first-order valence-corrected chi connectivity index (χ1v) is 10.6. The smallest absolute Gasteiger partial charge is 0.238 e. The van der Waals surface area contributed by atoms with Gasteiger partial charge in [-0.15, -0.1) is 0 Å². The number of sulfonamides is 1. The molecular weight excluding hydrogens is 402 g/mol. The molecule has 4 aromatic rings. The standard InChI is InChI=1S/C22H19N3O4S/c1-14-2-4-15(5-3-14)20-13-21(19-12-17(26)8-11-22(19)27)25(24-20)16-6-9-18(10-7-16)30(23,28)29/h2-13,26-27H,1H3,(H2,23,28,29). The van der Waals surface area contributed by atoms with Crippen molar-refractivity contribution in [3.8, 4) is 39.7 Å². The van der Waals surface area contributed by atoms with E-state index in [-0.39, 0.29) is 16.4 Å². The first-order valence-electron chi connectivity index (χ1n) is 9.05. The lowest BCUT2D eigenvalue weighted by Crippen LogP contribution is -2.12. The van der Waals surface area contributed by atoms with Gasteiger partial charge < -0.3 is 10.2 Å². The summed E-state index contributed by atoms with van der Waals surface area (Å²) in [7, 11) is -3.82. The van der Waals surface area contributed by atoms with E-state index >= 15 is 0 Å². The third kappa shape index (κ3) is 3.78. The highest BCUT2D eigenvalue weighted by molar-refractivity contribution is 7.89. The van der Waals surface area contributed by atoms with Gasteiger partial charge in [-0.1, -0.05) is 29.8 Å². The van der Waals surface area contributed by atoms with Crippen molar-refractivity contribution in [1.29, 1.82) is 0 Å². The lowest BCUT2D eigenvalue weighted by atomic mass is 10.1. The predicted molar refractivity (Wildman–Crippen MR) is 114 cm³/mol. The van der Waals surface area contributed by atoms with E-state index in [4.69, 9.17) is 5.14 Å². The second kappa shape index (κ2) is 7.33. The average Bonchev–Trinajstić information content (AvgIpc) is 3.15. The number of rotatable bonds is 4. The highest BCUT2D eigenvalue weighted by atomic mass is 32.2. The second-order valence-corrected chi connectivity index (χ2v) is 8.49. The number of benzene rings is 3. The Morgan fingerprint density at radius 1 is 0.900 bits per heavy atom. The number of phenolic OH excluding ortho intramolecular Hbond substituents is 2. The average molecular weight is 421 g/mol. The molecule has 0 aliphatic rings. The Bertz CT molecular complexity index is 1330. The Morgan fingerprint density at radius 3 is 2.20 bits per heavy atom. The normalized spacial score (nSPS) is 11.5. The fourth-order valence-corrected chi connectivity index (χ4v) is 3.66. The fraction of sp³-hybridized carbons (Fsp3) is 0.0455. The summed E-state index contributed by atoms with van der Waals surface area (Å²) < 4.78 is 24.7. The molecular formula is C22H19N3O4S. The summed E-state index contributed by atoms with van der Waals surface area (Å²) in [5.74, 6) is -0.0254. The van der Waals surface area contributed by atoms with Crippen LogP contribution in [0, 0.1) is 6.92 Å². The maximum Gasteiger partial charge on any atom is 0.238 e. The van der Waals surface area contributed by atoms with Crippen LogP contribution in [0.3, 0.4) is 0 Å².